The maximum absolute atomic E-state index is 13.5. The third-order valence-corrected chi connectivity index (χ3v) is 6.73. The Morgan fingerprint density at radius 1 is 1.24 bits per heavy atom. The van der Waals surface area contributed by atoms with Gasteiger partial charge in [-0.3, -0.25) is 4.79 Å². The maximum atomic E-state index is 13.5. The number of aromatic amines is 1. The average Bonchev–Trinajstić information content (AvgIpc) is 3.58. The molecule has 0 unspecified atom stereocenters. The van der Waals surface area contributed by atoms with E-state index in [2.05, 4.69) is 20.3 Å². The summed E-state index contributed by atoms with van der Waals surface area (Å²) in [6.07, 6.45) is 3.60. The Hall–Kier alpha value is -3.07. The Bertz CT molecular complexity index is 1210. The Labute approximate surface area is 196 Å². The van der Waals surface area contributed by atoms with Gasteiger partial charge in [0.1, 0.15) is 23.3 Å². The molecule has 2 saturated carbocycles. The lowest BCUT2D eigenvalue weighted by atomic mass is 9.92. The molecular weight excluding hydrogens is 442 g/mol. The molecule has 0 aliphatic heterocycles. The highest BCUT2D eigenvalue weighted by molar-refractivity contribution is 6.09. The lowest BCUT2D eigenvalue weighted by Gasteiger charge is -2.28. The number of amides is 1. The number of H-pyrrole nitrogens is 1. The van der Waals surface area contributed by atoms with E-state index in [4.69, 9.17) is 4.74 Å². The van der Waals surface area contributed by atoms with Crippen molar-refractivity contribution in [2.75, 3.05) is 6.61 Å². The molecule has 180 valence electrons. The fraction of sp³-hybridized carbons (Fsp3) is 0.480. The molecular formula is C25H28F2N4O3. The van der Waals surface area contributed by atoms with Crippen LogP contribution in [0.1, 0.15) is 66.6 Å². The molecule has 0 saturated heterocycles. The van der Waals surface area contributed by atoms with E-state index in [1.807, 2.05) is 0 Å². The molecule has 0 radical (unpaired) electrons. The lowest BCUT2D eigenvalue weighted by molar-refractivity contribution is 0.0718. The fourth-order valence-electron chi connectivity index (χ4n) is 4.61. The topological polar surface area (TPSA) is 100 Å². The molecule has 2 heterocycles. The van der Waals surface area contributed by atoms with Gasteiger partial charge < -0.3 is 20.1 Å². The van der Waals surface area contributed by atoms with E-state index in [0.717, 1.165) is 32.1 Å². The summed E-state index contributed by atoms with van der Waals surface area (Å²) >= 11 is 0. The number of ether oxygens (including phenoxy) is 1. The quantitative estimate of drug-likeness (QED) is 0.465. The second kappa shape index (κ2) is 9.29. The van der Waals surface area contributed by atoms with Crippen LogP contribution in [0.5, 0.6) is 5.75 Å². The van der Waals surface area contributed by atoms with Crippen LogP contribution < -0.4 is 10.1 Å². The van der Waals surface area contributed by atoms with Gasteiger partial charge in [0, 0.05) is 16.8 Å². The smallest absolute Gasteiger partial charge is 0.263 e. The molecule has 3 aromatic rings. The van der Waals surface area contributed by atoms with Crippen molar-refractivity contribution in [3.63, 3.8) is 0 Å². The number of fused-ring (bicyclic) bond motifs is 1. The van der Waals surface area contributed by atoms with Crippen molar-refractivity contribution in [2.45, 2.75) is 64.0 Å². The van der Waals surface area contributed by atoms with Crippen LogP contribution in [0.15, 0.2) is 24.5 Å². The van der Waals surface area contributed by atoms with Crippen molar-refractivity contribution in [3.8, 4) is 17.0 Å². The van der Waals surface area contributed by atoms with Crippen molar-refractivity contribution in [1.29, 1.82) is 0 Å². The van der Waals surface area contributed by atoms with Gasteiger partial charge >= 0.3 is 0 Å². The summed E-state index contributed by atoms with van der Waals surface area (Å²) in [5.41, 5.74) is 2.54. The number of aliphatic hydroxyl groups excluding tert-OH is 1. The standard InChI is InChI=1S/C25H28F2N4O3/c1-13-20(25(33)31-17-4-2-3-5-18(17)32)22-23(30-13)21(28-12-29-22)16-10-15(24(26)27)8-9-19(16)34-11-14-6-7-14/h8-10,12,14,17-18,24,30,32H,2-7,11H2,1H3,(H,31,33)/t17-,18+/m0/s1. The number of alkyl halides is 2. The van der Waals surface area contributed by atoms with Crippen LogP contribution in [0, 0.1) is 12.8 Å². The van der Waals surface area contributed by atoms with Crippen LogP contribution in [0.25, 0.3) is 22.3 Å². The number of hydrogen-bond donors (Lipinski definition) is 3. The minimum absolute atomic E-state index is 0.131. The first-order chi connectivity index (χ1) is 16.4. The number of aryl methyl sites for hydroxylation is 1. The molecule has 2 aliphatic rings. The molecule has 1 aromatic carbocycles. The lowest BCUT2D eigenvalue weighted by Crippen LogP contribution is -2.45. The second-order valence-electron chi connectivity index (χ2n) is 9.31. The van der Waals surface area contributed by atoms with Crippen molar-refractivity contribution in [2.24, 2.45) is 5.92 Å². The summed E-state index contributed by atoms with van der Waals surface area (Å²) in [5, 5.41) is 13.2. The Balaban J connectivity index is 1.54. The Morgan fingerprint density at radius 2 is 2.03 bits per heavy atom. The molecule has 2 aromatic heterocycles. The molecule has 2 fully saturated rings. The first-order valence-electron chi connectivity index (χ1n) is 11.8. The van der Waals surface area contributed by atoms with E-state index in [1.54, 1.807) is 13.0 Å². The van der Waals surface area contributed by atoms with Gasteiger partial charge in [0.15, 0.2) is 0 Å². The zero-order chi connectivity index (χ0) is 23.8. The van der Waals surface area contributed by atoms with Crippen LogP contribution >= 0.6 is 0 Å². The normalized spacial score (nSPS) is 20.6. The summed E-state index contributed by atoms with van der Waals surface area (Å²) in [6, 6.07) is 4.00. The molecule has 5 rings (SSSR count). The highest BCUT2D eigenvalue weighted by Gasteiger charge is 2.28. The van der Waals surface area contributed by atoms with E-state index in [-0.39, 0.29) is 17.5 Å². The van der Waals surface area contributed by atoms with Gasteiger partial charge in [-0.15, -0.1) is 0 Å². The van der Waals surface area contributed by atoms with Gasteiger partial charge in [0.25, 0.3) is 12.3 Å². The number of benzene rings is 1. The van der Waals surface area contributed by atoms with E-state index in [0.29, 0.717) is 58.2 Å². The number of nitrogens with zero attached hydrogens (tertiary/aromatic N) is 2. The van der Waals surface area contributed by atoms with Gasteiger partial charge in [0.2, 0.25) is 0 Å². The Morgan fingerprint density at radius 3 is 2.76 bits per heavy atom. The zero-order valence-electron chi connectivity index (χ0n) is 19.0. The van der Waals surface area contributed by atoms with Gasteiger partial charge in [0.05, 0.1) is 29.8 Å². The summed E-state index contributed by atoms with van der Waals surface area (Å²) in [7, 11) is 0. The molecule has 0 bridgehead atoms. The Kier molecular flexibility index (Phi) is 6.20. The van der Waals surface area contributed by atoms with Gasteiger partial charge in [-0.25, -0.2) is 18.7 Å². The number of carbonyl (C=O) groups is 1. The monoisotopic (exact) mass is 470 g/mol. The molecule has 34 heavy (non-hydrogen) atoms. The fourth-order valence-corrected chi connectivity index (χ4v) is 4.61. The average molecular weight is 471 g/mol. The van der Waals surface area contributed by atoms with Crippen molar-refractivity contribution in [3.05, 3.63) is 41.3 Å². The molecule has 2 atom stereocenters. The van der Waals surface area contributed by atoms with E-state index in [9.17, 15) is 18.7 Å². The minimum Gasteiger partial charge on any atom is -0.493 e. The van der Waals surface area contributed by atoms with Gasteiger partial charge in [-0.05, 0) is 56.7 Å². The number of nitrogens with one attached hydrogen (secondary N) is 2. The predicted octanol–water partition coefficient (Wildman–Crippen LogP) is 4.69. The molecule has 3 N–H and O–H groups in total. The summed E-state index contributed by atoms with van der Waals surface area (Å²) in [5.74, 6) is 0.636. The number of rotatable bonds is 7. The predicted molar refractivity (Wildman–Crippen MR) is 123 cm³/mol. The highest BCUT2D eigenvalue weighted by atomic mass is 19.3. The van der Waals surface area contributed by atoms with Crippen LogP contribution in [-0.4, -0.2) is 44.7 Å². The third-order valence-electron chi connectivity index (χ3n) is 6.73. The zero-order valence-corrected chi connectivity index (χ0v) is 19.0. The SMILES string of the molecule is Cc1[nH]c2c(-c3cc(C(F)F)ccc3OCC3CC3)ncnc2c1C(=O)N[C@H]1CCCC[C@H]1O. The van der Waals surface area contributed by atoms with Crippen LogP contribution in [-0.2, 0) is 0 Å². The van der Waals surface area contributed by atoms with Gasteiger partial charge in [-0.1, -0.05) is 12.8 Å². The van der Waals surface area contributed by atoms with E-state index >= 15 is 0 Å². The second-order valence-corrected chi connectivity index (χ2v) is 9.31. The largest absolute Gasteiger partial charge is 0.493 e. The summed E-state index contributed by atoms with van der Waals surface area (Å²) in [6.45, 7) is 2.29. The van der Waals surface area contributed by atoms with E-state index in [1.165, 1.54) is 18.5 Å². The summed E-state index contributed by atoms with van der Waals surface area (Å²) < 4.78 is 33.0. The number of halogens is 2. The minimum atomic E-state index is -2.64. The molecule has 0 spiro atoms. The maximum Gasteiger partial charge on any atom is 0.263 e. The highest BCUT2D eigenvalue weighted by Crippen LogP contribution is 2.38. The van der Waals surface area contributed by atoms with Crippen LogP contribution in [0.4, 0.5) is 8.78 Å². The number of hydrogen-bond acceptors (Lipinski definition) is 5. The first kappa shape index (κ1) is 22.7. The van der Waals surface area contributed by atoms with Crippen LogP contribution in [0.3, 0.4) is 0 Å². The van der Waals surface area contributed by atoms with Gasteiger partial charge in [-0.2, -0.15) is 0 Å². The first-order valence-corrected chi connectivity index (χ1v) is 11.8. The summed E-state index contributed by atoms with van der Waals surface area (Å²) in [4.78, 5) is 25.1. The number of aromatic nitrogens is 3. The number of carbonyl (C=O) groups excluding carboxylic acids is 1. The molecule has 7 nitrogen and oxygen atoms in total. The molecule has 2 aliphatic carbocycles. The van der Waals surface area contributed by atoms with Crippen molar-refractivity contribution in [1.82, 2.24) is 20.3 Å². The van der Waals surface area contributed by atoms with E-state index < -0.39 is 12.5 Å². The third kappa shape index (κ3) is 4.49. The molecule has 9 heteroatoms. The van der Waals surface area contributed by atoms with Crippen molar-refractivity contribution < 1.29 is 23.4 Å². The molecule has 1 amide bonds. The van der Waals surface area contributed by atoms with Crippen molar-refractivity contribution >= 4 is 16.9 Å². The number of aliphatic hydroxyl groups is 1. The van der Waals surface area contributed by atoms with Crippen LogP contribution in [0.2, 0.25) is 0 Å².